The van der Waals surface area contributed by atoms with E-state index in [-0.39, 0.29) is 24.0 Å². The Hall–Kier alpha value is -0.940. The normalized spacial score (nSPS) is 19.9. The maximum Gasteiger partial charge on any atom is 0.233 e. The first-order chi connectivity index (χ1) is 7.46. The monoisotopic (exact) mass is 262 g/mol. The molecule has 1 aliphatic rings. The average Bonchev–Trinajstić information content (AvgIpc) is 2.15. The Morgan fingerprint density at radius 3 is 2.94 bits per heavy atom. The van der Waals surface area contributed by atoms with Gasteiger partial charge in [-0.1, -0.05) is 12.1 Å². The zero-order chi connectivity index (χ0) is 11.8. The maximum atomic E-state index is 10.9. The molecule has 1 atom stereocenters. The lowest BCUT2D eigenvalue weighted by molar-refractivity contribution is 0.225. The van der Waals surface area contributed by atoms with E-state index in [1.807, 2.05) is 6.07 Å². The lowest BCUT2D eigenvalue weighted by atomic mass is 9.98. The molecule has 6 heteroatoms. The van der Waals surface area contributed by atoms with Crippen molar-refractivity contribution in [1.29, 1.82) is 0 Å². The van der Waals surface area contributed by atoms with Crippen LogP contribution in [0.3, 0.4) is 0 Å². The molecule has 1 heterocycles. The number of hydrogen-bond donors (Lipinski definition) is 1. The summed E-state index contributed by atoms with van der Waals surface area (Å²) in [5.74, 6) is 0.274. The van der Waals surface area contributed by atoms with Gasteiger partial charge in [-0.25, -0.2) is 8.42 Å². The fourth-order valence-corrected chi connectivity index (χ4v) is 3.17. The predicted molar refractivity (Wildman–Crippen MR) is 60.4 cm³/mol. The molecule has 0 aromatic heterocycles. The molecule has 1 N–H and O–H groups in total. The first-order valence-electron chi connectivity index (χ1n) is 4.82. The van der Waals surface area contributed by atoms with E-state index < -0.39 is 9.05 Å². The first-order valence-corrected chi connectivity index (χ1v) is 7.29. The smallest absolute Gasteiger partial charge is 0.233 e. The third-order valence-electron chi connectivity index (χ3n) is 2.48. The highest BCUT2D eigenvalue weighted by Gasteiger charge is 2.25. The first kappa shape index (κ1) is 11.5. The number of benzene rings is 1. The molecule has 1 aliphatic heterocycles. The highest BCUT2D eigenvalue weighted by Crippen LogP contribution is 2.35. The zero-order valence-electron chi connectivity index (χ0n) is 8.39. The van der Waals surface area contributed by atoms with Crippen LogP contribution in [0.15, 0.2) is 18.2 Å². The van der Waals surface area contributed by atoms with Crippen LogP contribution in [0.2, 0.25) is 0 Å². The van der Waals surface area contributed by atoms with Gasteiger partial charge in [0.05, 0.1) is 12.4 Å². The van der Waals surface area contributed by atoms with Crippen molar-refractivity contribution in [2.75, 3.05) is 12.4 Å². The Bertz CT molecular complexity index is 498. The van der Waals surface area contributed by atoms with Gasteiger partial charge in [0.1, 0.15) is 0 Å². The molecule has 4 nitrogen and oxygen atoms in total. The third kappa shape index (κ3) is 2.59. The van der Waals surface area contributed by atoms with Crippen molar-refractivity contribution in [3.8, 4) is 11.5 Å². The molecular formula is C10H11ClO4S. The van der Waals surface area contributed by atoms with Gasteiger partial charge in [0.2, 0.25) is 9.05 Å². The van der Waals surface area contributed by atoms with Crippen LogP contribution < -0.4 is 4.74 Å². The number of rotatable bonds is 2. The summed E-state index contributed by atoms with van der Waals surface area (Å²) in [6.45, 7) is 0.260. The topological polar surface area (TPSA) is 63.6 Å². The van der Waals surface area contributed by atoms with E-state index in [9.17, 15) is 13.5 Å². The van der Waals surface area contributed by atoms with Crippen molar-refractivity contribution in [2.24, 2.45) is 5.92 Å². The van der Waals surface area contributed by atoms with E-state index in [4.69, 9.17) is 15.4 Å². The zero-order valence-corrected chi connectivity index (χ0v) is 9.96. The number of phenolic OH excluding ortho intramolecular Hbond substituents is 1. The highest BCUT2D eigenvalue weighted by molar-refractivity contribution is 8.13. The fraction of sp³-hybridized carbons (Fsp3) is 0.400. The Morgan fingerprint density at radius 1 is 1.50 bits per heavy atom. The van der Waals surface area contributed by atoms with E-state index in [1.54, 1.807) is 6.07 Å². The van der Waals surface area contributed by atoms with Crippen molar-refractivity contribution in [1.82, 2.24) is 0 Å². The van der Waals surface area contributed by atoms with Crippen molar-refractivity contribution in [3.63, 3.8) is 0 Å². The average molecular weight is 263 g/mol. The van der Waals surface area contributed by atoms with Gasteiger partial charge in [0.15, 0.2) is 11.5 Å². The van der Waals surface area contributed by atoms with Crippen LogP contribution in [0, 0.1) is 5.92 Å². The number of hydrogen-bond acceptors (Lipinski definition) is 4. The molecule has 0 bridgehead atoms. The molecule has 16 heavy (non-hydrogen) atoms. The second kappa shape index (κ2) is 4.14. The Labute approximate surface area is 98.2 Å². The van der Waals surface area contributed by atoms with Crippen LogP contribution in [-0.2, 0) is 15.5 Å². The Morgan fingerprint density at radius 2 is 2.25 bits per heavy atom. The van der Waals surface area contributed by atoms with Gasteiger partial charge in [-0.05, 0) is 18.1 Å². The summed E-state index contributed by atoms with van der Waals surface area (Å²) in [7, 11) is 1.69. The molecule has 0 radical (unpaired) electrons. The molecule has 0 saturated heterocycles. The summed E-state index contributed by atoms with van der Waals surface area (Å²) < 4.78 is 27.2. The van der Waals surface area contributed by atoms with E-state index >= 15 is 0 Å². The number of phenols is 1. The van der Waals surface area contributed by atoms with Crippen molar-refractivity contribution >= 4 is 19.7 Å². The van der Waals surface area contributed by atoms with Crippen molar-refractivity contribution in [3.05, 3.63) is 23.8 Å². The van der Waals surface area contributed by atoms with Crippen LogP contribution in [-0.4, -0.2) is 25.9 Å². The number of ether oxygens (including phenoxy) is 1. The standard InChI is InChI=1S/C10H11ClO4S/c11-16(13,14)6-7-4-8-2-1-3-9(12)10(8)15-5-7/h1-3,7,12H,4-6H2. The van der Waals surface area contributed by atoms with Gasteiger partial charge >= 0.3 is 0 Å². The Kier molecular flexibility index (Phi) is 2.99. The van der Waals surface area contributed by atoms with E-state index in [0.717, 1.165) is 5.56 Å². The molecule has 0 fully saturated rings. The summed E-state index contributed by atoms with van der Waals surface area (Å²) in [6.07, 6.45) is 0.551. The van der Waals surface area contributed by atoms with Crippen LogP contribution in [0.25, 0.3) is 0 Å². The second-order valence-electron chi connectivity index (χ2n) is 3.85. The fourth-order valence-electron chi connectivity index (χ4n) is 1.86. The summed E-state index contributed by atoms with van der Waals surface area (Å²) in [5, 5.41) is 9.51. The van der Waals surface area contributed by atoms with Gasteiger partial charge < -0.3 is 9.84 Å². The third-order valence-corrected chi connectivity index (χ3v) is 3.73. The molecule has 1 aromatic carbocycles. The summed E-state index contributed by atoms with van der Waals surface area (Å²) >= 11 is 0. The molecule has 0 spiro atoms. The molecule has 1 unspecified atom stereocenters. The number of fused-ring (bicyclic) bond motifs is 1. The molecule has 0 amide bonds. The van der Waals surface area contributed by atoms with E-state index in [2.05, 4.69) is 0 Å². The number of para-hydroxylation sites is 1. The van der Waals surface area contributed by atoms with Crippen LogP contribution in [0.1, 0.15) is 5.56 Å². The van der Waals surface area contributed by atoms with E-state index in [1.165, 1.54) is 6.07 Å². The number of aromatic hydroxyl groups is 1. The summed E-state index contributed by atoms with van der Waals surface area (Å²) in [4.78, 5) is 0. The maximum absolute atomic E-state index is 10.9. The molecule has 2 rings (SSSR count). The lowest BCUT2D eigenvalue weighted by Crippen LogP contribution is -2.26. The quantitative estimate of drug-likeness (QED) is 0.821. The Balaban J connectivity index is 2.19. The van der Waals surface area contributed by atoms with Gasteiger partial charge in [-0.15, -0.1) is 0 Å². The molecule has 1 aromatic rings. The SMILES string of the molecule is O=S(=O)(Cl)CC1COc2c(O)cccc2C1. The minimum atomic E-state index is -3.51. The van der Waals surface area contributed by atoms with Crippen molar-refractivity contribution in [2.45, 2.75) is 6.42 Å². The van der Waals surface area contributed by atoms with Crippen LogP contribution >= 0.6 is 10.7 Å². The minimum Gasteiger partial charge on any atom is -0.504 e. The lowest BCUT2D eigenvalue weighted by Gasteiger charge is -2.24. The summed E-state index contributed by atoms with van der Waals surface area (Å²) in [6, 6.07) is 5.05. The molecule has 0 saturated carbocycles. The minimum absolute atomic E-state index is 0.0877. The van der Waals surface area contributed by atoms with E-state index in [0.29, 0.717) is 12.2 Å². The number of halogens is 1. The van der Waals surface area contributed by atoms with Gasteiger partial charge in [0, 0.05) is 16.6 Å². The van der Waals surface area contributed by atoms with Gasteiger partial charge in [-0.3, -0.25) is 0 Å². The van der Waals surface area contributed by atoms with Crippen LogP contribution in [0.5, 0.6) is 11.5 Å². The predicted octanol–water partition coefficient (Wildman–Crippen LogP) is 1.51. The molecular weight excluding hydrogens is 252 g/mol. The van der Waals surface area contributed by atoms with Gasteiger partial charge in [-0.2, -0.15) is 0 Å². The van der Waals surface area contributed by atoms with Crippen molar-refractivity contribution < 1.29 is 18.3 Å². The second-order valence-corrected chi connectivity index (χ2v) is 6.67. The molecule has 0 aliphatic carbocycles. The summed E-state index contributed by atoms with van der Waals surface area (Å²) in [5.41, 5.74) is 0.816. The van der Waals surface area contributed by atoms with Crippen LogP contribution in [0.4, 0.5) is 0 Å². The van der Waals surface area contributed by atoms with Gasteiger partial charge in [0.25, 0.3) is 0 Å². The molecule has 88 valence electrons. The largest absolute Gasteiger partial charge is 0.504 e. The highest BCUT2D eigenvalue weighted by atomic mass is 35.7.